The molecule has 1 unspecified atom stereocenters. The van der Waals surface area contributed by atoms with Crippen molar-refractivity contribution in [1.82, 2.24) is 9.97 Å². The molecule has 7 nitrogen and oxygen atoms in total. The van der Waals surface area contributed by atoms with Crippen LogP contribution in [0.15, 0.2) is 6.33 Å². The fourth-order valence-corrected chi connectivity index (χ4v) is 2.38. The van der Waals surface area contributed by atoms with Crippen molar-refractivity contribution < 1.29 is 9.66 Å². The number of rotatable bonds is 4. The normalized spacial score (nSPS) is 18.0. The zero-order valence-corrected chi connectivity index (χ0v) is 11.3. The summed E-state index contributed by atoms with van der Waals surface area (Å²) in [6.07, 6.45) is 3.08. The Morgan fingerprint density at radius 1 is 1.53 bits per heavy atom. The van der Waals surface area contributed by atoms with Crippen molar-refractivity contribution in [2.75, 3.05) is 18.5 Å². The molecule has 0 radical (unpaired) electrons. The molecule has 104 valence electrons. The lowest BCUT2D eigenvalue weighted by molar-refractivity contribution is -0.384. The molecule has 0 aromatic carbocycles. The molecule has 19 heavy (non-hydrogen) atoms. The minimum atomic E-state index is -0.568. The average Bonchev–Trinajstić information content (AvgIpc) is 2.39. The number of aromatic nitrogens is 2. The Bertz CT molecular complexity index is 465. The van der Waals surface area contributed by atoms with E-state index in [1.165, 1.54) is 6.33 Å². The van der Waals surface area contributed by atoms with Crippen molar-refractivity contribution in [2.45, 2.75) is 25.8 Å². The van der Waals surface area contributed by atoms with Gasteiger partial charge >= 0.3 is 5.69 Å². The lowest BCUT2D eigenvalue weighted by atomic mass is 9.93. The molecular weight excluding hydrogens is 272 g/mol. The highest BCUT2D eigenvalue weighted by Crippen LogP contribution is 2.30. The van der Waals surface area contributed by atoms with Gasteiger partial charge in [-0.3, -0.25) is 10.1 Å². The van der Waals surface area contributed by atoms with Crippen LogP contribution in [0.3, 0.4) is 0 Å². The maximum Gasteiger partial charge on any atom is 0.348 e. The largest absolute Gasteiger partial charge is 0.381 e. The second kappa shape index (κ2) is 6.12. The first-order valence-corrected chi connectivity index (χ1v) is 6.46. The average molecular weight is 287 g/mol. The fourth-order valence-electron chi connectivity index (χ4n) is 2.17. The first-order valence-electron chi connectivity index (χ1n) is 6.08. The van der Waals surface area contributed by atoms with E-state index in [0.29, 0.717) is 5.92 Å². The Labute approximate surface area is 115 Å². The predicted molar refractivity (Wildman–Crippen MR) is 70.3 cm³/mol. The van der Waals surface area contributed by atoms with Crippen molar-refractivity contribution in [2.24, 2.45) is 5.92 Å². The summed E-state index contributed by atoms with van der Waals surface area (Å²) in [5.74, 6) is 0.575. The second-order valence-corrected chi connectivity index (χ2v) is 4.86. The number of hydrogen-bond donors (Lipinski definition) is 1. The van der Waals surface area contributed by atoms with Crippen molar-refractivity contribution >= 4 is 23.1 Å². The van der Waals surface area contributed by atoms with E-state index in [9.17, 15) is 10.1 Å². The van der Waals surface area contributed by atoms with E-state index in [-0.39, 0.29) is 22.7 Å². The van der Waals surface area contributed by atoms with E-state index in [2.05, 4.69) is 15.3 Å². The molecule has 1 saturated heterocycles. The van der Waals surface area contributed by atoms with E-state index < -0.39 is 4.92 Å². The van der Waals surface area contributed by atoms with Crippen LogP contribution in [0.5, 0.6) is 0 Å². The monoisotopic (exact) mass is 286 g/mol. The zero-order chi connectivity index (χ0) is 13.8. The van der Waals surface area contributed by atoms with Crippen LogP contribution in [0.1, 0.15) is 19.8 Å². The first kappa shape index (κ1) is 14.0. The maximum atomic E-state index is 11.0. The van der Waals surface area contributed by atoms with Gasteiger partial charge < -0.3 is 10.1 Å². The van der Waals surface area contributed by atoms with Gasteiger partial charge in [0.25, 0.3) is 0 Å². The molecule has 0 bridgehead atoms. The number of nitro groups is 1. The number of anilines is 1. The molecule has 0 aliphatic carbocycles. The van der Waals surface area contributed by atoms with Gasteiger partial charge in [0.1, 0.15) is 6.33 Å². The number of nitrogens with one attached hydrogen (secondary N) is 1. The minimum absolute atomic E-state index is 0.0635. The van der Waals surface area contributed by atoms with Crippen molar-refractivity contribution in [1.29, 1.82) is 0 Å². The number of ether oxygens (including phenoxy) is 1. The molecule has 1 N–H and O–H groups in total. The number of halogens is 1. The molecule has 1 fully saturated rings. The molecule has 1 aliphatic heterocycles. The van der Waals surface area contributed by atoms with E-state index in [4.69, 9.17) is 16.3 Å². The Balaban J connectivity index is 2.14. The Morgan fingerprint density at radius 2 is 2.21 bits per heavy atom. The third kappa shape index (κ3) is 3.30. The molecule has 1 aromatic rings. The van der Waals surface area contributed by atoms with Crippen LogP contribution in [-0.4, -0.2) is 34.1 Å². The predicted octanol–water partition coefficient (Wildman–Crippen LogP) is 2.27. The highest BCUT2D eigenvalue weighted by Gasteiger charge is 2.26. The smallest absolute Gasteiger partial charge is 0.348 e. The van der Waals surface area contributed by atoms with Crippen LogP contribution in [-0.2, 0) is 4.74 Å². The molecule has 0 amide bonds. The van der Waals surface area contributed by atoms with Crippen LogP contribution in [0.2, 0.25) is 5.15 Å². The summed E-state index contributed by atoms with van der Waals surface area (Å²) in [7, 11) is 0. The summed E-state index contributed by atoms with van der Waals surface area (Å²) in [5.41, 5.74) is -0.275. The summed E-state index contributed by atoms with van der Waals surface area (Å²) < 4.78 is 5.30. The Kier molecular flexibility index (Phi) is 4.49. The fraction of sp³-hybridized carbons (Fsp3) is 0.636. The molecular formula is C11H15ClN4O3. The summed E-state index contributed by atoms with van der Waals surface area (Å²) >= 11 is 5.74. The molecule has 1 aliphatic rings. The second-order valence-electron chi connectivity index (χ2n) is 4.50. The SMILES string of the molecule is CC(Nc1ncnc(Cl)c1[N+](=O)[O-])C1CCOCC1. The Morgan fingerprint density at radius 3 is 2.84 bits per heavy atom. The third-order valence-corrected chi connectivity index (χ3v) is 3.57. The summed E-state index contributed by atoms with van der Waals surface area (Å²) in [6.45, 7) is 3.43. The highest BCUT2D eigenvalue weighted by molar-refractivity contribution is 6.31. The molecule has 0 saturated carbocycles. The van der Waals surface area contributed by atoms with Gasteiger partial charge in [0, 0.05) is 19.3 Å². The van der Waals surface area contributed by atoms with Crippen molar-refractivity contribution in [3.63, 3.8) is 0 Å². The van der Waals surface area contributed by atoms with Gasteiger partial charge in [-0.05, 0) is 25.7 Å². The minimum Gasteiger partial charge on any atom is -0.381 e. The zero-order valence-electron chi connectivity index (χ0n) is 10.5. The standard InChI is InChI=1S/C11H15ClN4O3/c1-7(8-2-4-19-5-3-8)15-11-9(16(17)18)10(12)13-6-14-11/h6-8H,2-5H2,1H3,(H,13,14,15). The van der Waals surface area contributed by atoms with Crippen LogP contribution >= 0.6 is 11.6 Å². The van der Waals surface area contributed by atoms with Gasteiger partial charge in [0.2, 0.25) is 11.0 Å². The van der Waals surface area contributed by atoms with Crippen LogP contribution in [0.25, 0.3) is 0 Å². The van der Waals surface area contributed by atoms with Gasteiger partial charge in [0.15, 0.2) is 0 Å². The van der Waals surface area contributed by atoms with Crippen LogP contribution < -0.4 is 5.32 Å². The highest BCUT2D eigenvalue weighted by atomic mass is 35.5. The molecule has 0 spiro atoms. The van der Waals surface area contributed by atoms with Gasteiger partial charge in [-0.1, -0.05) is 11.6 Å². The molecule has 2 rings (SSSR count). The van der Waals surface area contributed by atoms with Gasteiger partial charge in [-0.2, -0.15) is 0 Å². The van der Waals surface area contributed by atoms with Crippen molar-refractivity contribution in [3.8, 4) is 0 Å². The number of nitrogens with zero attached hydrogens (tertiary/aromatic N) is 3. The summed E-state index contributed by atoms with van der Waals surface area (Å²) in [6, 6.07) is 0.0635. The van der Waals surface area contributed by atoms with Crippen molar-refractivity contribution in [3.05, 3.63) is 21.6 Å². The molecule has 2 heterocycles. The third-order valence-electron chi connectivity index (χ3n) is 3.30. The summed E-state index contributed by atoms with van der Waals surface area (Å²) in [5, 5.41) is 13.9. The first-order chi connectivity index (χ1) is 9.09. The quantitative estimate of drug-likeness (QED) is 0.519. The lowest BCUT2D eigenvalue weighted by Gasteiger charge is -2.28. The van der Waals surface area contributed by atoms with E-state index >= 15 is 0 Å². The van der Waals surface area contributed by atoms with Gasteiger partial charge in [0.05, 0.1) is 4.92 Å². The lowest BCUT2D eigenvalue weighted by Crippen LogP contribution is -2.31. The van der Waals surface area contributed by atoms with Crippen LogP contribution in [0, 0.1) is 16.0 Å². The molecule has 1 atom stereocenters. The number of hydrogen-bond acceptors (Lipinski definition) is 6. The topological polar surface area (TPSA) is 90.2 Å². The van der Waals surface area contributed by atoms with E-state index in [0.717, 1.165) is 26.1 Å². The van der Waals surface area contributed by atoms with Crippen LogP contribution in [0.4, 0.5) is 11.5 Å². The van der Waals surface area contributed by atoms with E-state index in [1.807, 2.05) is 6.92 Å². The molecule has 1 aromatic heterocycles. The molecule has 8 heteroatoms. The van der Waals surface area contributed by atoms with Gasteiger partial charge in [-0.15, -0.1) is 0 Å². The van der Waals surface area contributed by atoms with E-state index in [1.54, 1.807) is 0 Å². The maximum absolute atomic E-state index is 11.0. The van der Waals surface area contributed by atoms with Gasteiger partial charge in [-0.25, -0.2) is 9.97 Å². The summed E-state index contributed by atoms with van der Waals surface area (Å²) in [4.78, 5) is 18.0. The Hall–Kier alpha value is -1.47.